The van der Waals surface area contributed by atoms with E-state index in [-0.39, 0.29) is 5.75 Å². The monoisotopic (exact) mass is 177 g/mol. The molecule has 0 saturated heterocycles. The maximum Gasteiger partial charge on any atom is 0.116 e. The molecule has 0 saturated carbocycles. The summed E-state index contributed by atoms with van der Waals surface area (Å²) in [5.74, 6) is 0.270. The van der Waals surface area contributed by atoms with E-state index in [0.717, 1.165) is 23.1 Å². The molecule has 0 fully saturated rings. The van der Waals surface area contributed by atoms with Crippen LogP contribution in [0.1, 0.15) is 5.69 Å². The standard InChI is InChI=1S/C9H11N3O/c1-10-5-9-7-4-6(13)2-3-8(7)11-12-9/h2-4,10,13H,5H2,1H3,(H,11,12). The van der Waals surface area contributed by atoms with E-state index in [4.69, 9.17) is 0 Å². The fourth-order valence-electron chi connectivity index (χ4n) is 1.36. The smallest absolute Gasteiger partial charge is 0.116 e. The molecule has 0 aliphatic heterocycles. The first-order valence-corrected chi connectivity index (χ1v) is 4.12. The minimum atomic E-state index is 0.270. The van der Waals surface area contributed by atoms with Gasteiger partial charge in [-0.1, -0.05) is 0 Å². The van der Waals surface area contributed by atoms with Crippen molar-refractivity contribution in [2.45, 2.75) is 6.54 Å². The van der Waals surface area contributed by atoms with Crippen LogP contribution in [0.3, 0.4) is 0 Å². The zero-order chi connectivity index (χ0) is 9.26. The number of benzene rings is 1. The van der Waals surface area contributed by atoms with Crippen LogP contribution in [0.15, 0.2) is 18.2 Å². The Kier molecular flexibility index (Phi) is 1.90. The zero-order valence-electron chi connectivity index (χ0n) is 7.33. The Morgan fingerprint density at radius 3 is 3.15 bits per heavy atom. The average Bonchev–Trinajstić information content (AvgIpc) is 2.49. The molecule has 0 aliphatic rings. The summed E-state index contributed by atoms with van der Waals surface area (Å²) in [6, 6.07) is 5.14. The van der Waals surface area contributed by atoms with Crippen LogP contribution in [0, 0.1) is 0 Å². The molecule has 0 spiro atoms. The van der Waals surface area contributed by atoms with Crippen LogP contribution in [-0.2, 0) is 6.54 Å². The van der Waals surface area contributed by atoms with Crippen molar-refractivity contribution < 1.29 is 5.11 Å². The molecule has 68 valence electrons. The molecule has 4 heteroatoms. The summed E-state index contributed by atoms with van der Waals surface area (Å²) < 4.78 is 0. The van der Waals surface area contributed by atoms with Crippen LogP contribution in [0.2, 0.25) is 0 Å². The number of nitrogens with one attached hydrogen (secondary N) is 2. The van der Waals surface area contributed by atoms with Gasteiger partial charge >= 0.3 is 0 Å². The van der Waals surface area contributed by atoms with Crippen molar-refractivity contribution in [1.29, 1.82) is 0 Å². The first-order chi connectivity index (χ1) is 6.31. The Hall–Kier alpha value is -1.55. The second-order valence-electron chi connectivity index (χ2n) is 2.93. The number of hydrogen-bond donors (Lipinski definition) is 3. The van der Waals surface area contributed by atoms with Gasteiger partial charge < -0.3 is 10.4 Å². The molecule has 0 atom stereocenters. The van der Waals surface area contributed by atoms with Crippen LogP contribution >= 0.6 is 0 Å². The normalized spacial score (nSPS) is 10.8. The van der Waals surface area contributed by atoms with E-state index >= 15 is 0 Å². The quantitative estimate of drug-likeness (QED) is 0.641. The molecule has 1 heterocycles. The predicted molar refractivity (Wildman–Crippen MR) is 50.5 cm³/mol. The largest absolute Gasteiger partial charge is 0.508 e. The first-order valence-electron chi connectivity index (χ1n) is 4.12. The summed E-state index contributed by atoms with van der Waals surface area (Å²) >= 11 is 0. The topological polar surface area (TPSA) is 60.9 Å². The van der Waals surface area contributed by atoms with Crippen molar-refractivity contribution in [2.24, 2.45) is 0 Å². The fraction of sp³-hybridized carbons (Fsp3) is 0.222. The Bertz CT molecular complexity index is 422. The zero-order valence-corrected chi connectivity index (χ0v) is 7.33. The van der Waals surface area contributed by atoms with Crippen molar-refractivity contribution in [1.82, 2.24) is 15.5 Å². The molecule has 0 radical (unpaired) electrons. The molecule has 3 N–H and O–H groups in total. The third kappa shape index (κ3) is 1.36. The number of aromatic nitrogens is 2. The number of phenolic OH excluding ortho intramolecular Hbond substituents is 1. The van der Waals surface area contributed by atoms with Crippen molar-refractivity contribution in [3.8, 4) is 5.75 Å². The summed E-state index contributed by atoms with van der Waals surface area (Å²) in [4.78, 5) is 0. The lowest BCUT2D eigenvalue weighted by atomic mass is 10.2. The maximum absolute atomic E-state index is 9.28. The molecule has 0 bridgehead atoms. The number of H-pyrrole nitrogens is 1. The van der Waals surface area contributed by atoms with Crippen LogP contribution < -0.4 is 5.32 Å². The summed E-state index contributed by atoms with van der Waals surface area (Å²) in [6.07, 6.45) is 0. The van der Waals surface area contributed by atoms with Crippen molar-refractivity contribution in [3.63, 3.8) is 0 Å². The van der Waals surface area contributed by atoms with Gasteiger partial charge in [0, 0.05) is 11.9 Å². The Labute approximate surface area is 75.6 Å². The summed E-state index contributed by atoms with van der Waals surface area (Å²) in [6.45, 7) is 0.722. The molecule has 0 unspecified atom stereocenters. The highest BCUT2D eigenvalue weighted by atomic mass is 16.3. The second-order valence-corrected chi connectivity index (χ2v) is 2.93. The lowest BCUT2D eigenvalue weighted by Crippen LogP contribution is -2.05. The highest BCUT2D eigenvalue weighted by Gasteiger charge is 2.04. The van der Waals surface area contributed by atoms with Gasteiger partial charge in [0.05, 0.1) is 11.2 Å². The number of aromatic amines is 1. The van der Waals surface area contributed by atoms with Gasteiger partial charge in [-0.3, -0.25) is 5.10 Å². The summed E-state index contributed by atoms with van der Waals surface area (Å²) in [7, 11) is 1.87. The lowest BCUT2D eigenvalue weighted by Gasteiger charge is -1.96. The van der Waals surface area contributed by atoms with E-state index in [1.807, 2.05) is 7.05 Å². The van der Waals surface area contributed by atoms with E-state index in [2.05, 4.69) is 15.5 Å². The molecule has 1 aromatic heterocycles. The van der Waals surface area contributed by atoms with E-state index in [0.29, 0.717) is 0 Å². The van der Waals surface area contributed by atoms with Crippen molar-refractivity contribution >= 4 is 10.9 Å². The van der Waals surface area contributed by atoms with Crippen molar-refractivity contribution in [2.75, 3.05) is 7.05 Å². The second kappa shape index (κ2) is 3.06. The first kappa shape index (κ1) is 8.07. The van der Waals surface area contributed by atoms with E-state index in [9.17, 15) is 5.11 Å². The summed E-state index contributed by atoms with van der Waals surface area (Å²) in [5.41, 5.74) is 1.87. The molecular weight excluding hydrogens is 166 g/mol. The van der Waals surface area contributed by atoms with Gasteiger partial charge in [-0.25, -0.2) is 0 Å². The number of aromatic hydroxyl groups is 1. The number of nitrogens with zero attached hydrogens (tertiary/aromatic N) is 1. The van der Waals surface area contributed by atoms with Crippen molar-refractivity contribution in [3.05, 3.63) is 23.9 Å². The van der Waals surface area contributed by atoms with E-state index in [1.165, 1.54) is 0 Å². The number of phenols is 1. The summed E-state index contributed by atoms with van der Waals surface area (Å²) in [5, 5.41) is 20.3. The third-order valence-corrected chi connectivity index (χ3v) is 1.97. The Morgan fingerprint density at radius 2 is 2.38 bits per heavy atom. The van der Waals surface area contributed by atoms with Crippen LogP contribution in [-0.4, -0.2) is 22.4 Å². The molecule has 13 heavy (non-hydrogen) atoms. The van der Waals surface area contributed by atoms with Gasteiger partial charge in [0.15, 0.2) is 0 Å². The minimum Gasteiger partial charge on any atom is -0.508 e. The fourth-order valence-corrected chi connectivity index (χ4v) is 1.36. The Morgan fingerprint density at radius 1 is 1.54 bits per heavy atom. The molecule has 2 rings (SSSR count). The van der Waals surface area contributed by atoms with E-state index in [1.54, 1.807) is 18.2 Å². The third-order valence-electron chi connectivity index (χ3n) is 1.97. The lowest BCUT2D eigenvalue weighted by molar-refractivity contribution is 0.476. The van der Waals surface area contributed by atoms with Gasteiger partial charge in [0.25, 0.3) is 0 Å². The SMILES string of the molecule is CNCc1[nH]nc2ccc(O)cc12. The molecule has 0 aliphatic carbocycles. The highest BCUT2D eigenvalue weighted by Crippen LogP contribution is 2.20. The molecule has 4 nitrogen and oxygen atoms in total. The maximum atomic E-state index is 9.28. The molecule has 2 aromatic rings. The Balaban J connectivity index is 2.58. The van der Waals surface area contributed by atoms with E-state index < -0.39 is 0 Å². The van der Waals surface area contributed by atoms with Crippen LogP contribution in [0.4, 0.5) is 0 Å². The number of fused-ring (bicyclic) bond motifs is 1. The van der Waals surface area contributed by atoms with Gasteiger partial charge in [0.1, 0.15) is 5.75 Å². The van der Waals surface area contributed by atoms with Gasteiger partial charge in [-0.15, -0.1) is 0 Å². The van der Waals surface area contributed by atoms with Crippen LogP contribution in [0.25, 0.3) is 10.9 Å². The van der Waals surface area contributed by atoms with Crippen LogP contribution in [0.5, 0.6) is 5.75 Å². The number of rotatable bonds is 2. The molecule has 0 amide bonds. The van der Waals surface area contributed by atoms with Gasteiger partial charge in [-0.05, 0) is 25.2 Å². The average molecular weight is 177 g/mol. The number of hydrogen-bond acceptors (Lipinski definition) is 3. The minimum absolute atomic E-state index is 0.270. The molecule has 1 aromatic carbocycles. The van der Waals surface area contributed by atoms with Gasteiger partial charge in [0.2, 0.25) is 0 Å². The van der Waals surface area contributed by atoms with Gasteiger partial charge in [-0.2, -0.15) is 5.10 Å². The highest BCUT2D eigenvalue weighted by molar-refractivity contribution is 5.82. The predicted octanol–water partition coefficient (Wildman–Crippen LogP) is 0.988. The molecular formula is C9H11N3O.